The van der Waals surface area contributed by atoms with Crippen molar-refractivity contribution in [3.05, 3.63) is 90.3 Å². The first kappa shape index (κ1) is 24.5. The van der Waals surface area contributed by atoms with E-state index in [9.17, 15) is 9.18 Å². The van der Waals surface area contributed by atoms with Crippen molar-refractivity contribution in [2.24, 2.45) is 0 Å². The molecule has 1 fully saturated rings. The predicted octanol–water partition coefficient (Wildman–Crippen LogP) is 4.67. The summed E-state index contributed by atoms with van der Waals surface area (Å²) in [5.41, 5.74) is 8.38. The molecule has 1 amide bonds. The molecule has 0 bridgehead atoms. The second-order valence-corrected chi connectivity index (χ2v) is 9.47. The Bertz CT molecular complexity index is 1660. The predicted molar refractivity (Wildman–Crippen MR) is 145 cm³/mol. The van der Waals surface area contributed by atoms with Gasteiger partial charge < -0.3 is 15.8 Å². The van der Waals surface area contributed by atoms with Gasteiger partial charge in [0.2, 0.25) is 0 Å². The monoisotopic (exact) mass is 523 g/mol. The van der Waals surface area contributed by atoms with Gasteiger partial charge in [-0.1, -0.05) is 24.3 Å². The minimum Gasteiger partial charge on any atom is -0.492 e. The Balaban J connectivity index is 1.25. The lowest BCUT2D eigenvalue weighted by atomic mass is 9.79. The Morgan fingerprint density at radius 2 is 1.92 bits per heavy atom. The molecule has 0 unspecified atom stereocenters. The number of benzene rings is 2. The summed E-state index contributed by atoms with van der Waals surface area (Å²) < 4.78 is 22.2. The highest BCUT2D eigenvalue weighted by Crippen LogP contribution is 2.39. The van der Waals surface area contributed by atoms with Gasteiger partial charge in [-0.2, -0.15) is 0 Å². The smallest absolute Gasteiger partial charge is 0.253 e. The molecule has 39 heavy (non-hydrogen) atoms. The molecule has 1 aliphatic rings. The average molecular weight is 524 g/mol. The van der Waals surface area contributed by atoms with Crippen LogP contribution in [0.25, 0.3) is 28.1 Å². The number of ether oxygens (including phenoxy) is 1. The number of carbonyl (C=O) groups is 1. The van der Waals surface area contributed by atoms with Crippen molar-refractivity contribution < 1.29 is 13.9 Å². The maximum atomic E-state index is 15.0. The molecular formula is C29H26FN7O2. The highest BCUT2D eigenvalue weighted by atomic mass is 19.1. The lowest BCUT2D eigenvalue weighted by Crippen LogP contribution is -2.44. The zero-order valence-electron chi connectivity index (χ0n) is 21.2. The van der Waals surface area contributed by atoms with Gasteiger partial charge in [0.05, 0.1) is 41.5 Å². The van der Waals surface area contributed by atoms with Gasteiger partial charge >= 0.3 is 0 Å². The summed E-state index contributed by atoms with van der Waals surface area (Å²) >= 11 is 0. The van der Waals surface area contributed by atoms with E-state index in [0.29, 0.717) is 65.0 Å². The number of hydrogen-bond donors (Lipinski definition) is 2. The van der Waals surface area contributed by atoms with Gasteiger partial charge in [0.15, 0.2) is 5.82 Å². The molecular weight excluding hydrogens is 497 g/mol. The number of aromatic nitrogens is 5. The molecule has 0 aliphatic heterocycles. The first-order valence-corrected chi connectivity index (χ1v) is 12.8. The fourth-order valence-corrected chi connectivity index (χ4v) is 4.93. The molecule has 3 N–H and O–H groups in total. The van der Waals surface area contributed by atoms with E-state index >= 15 is 0 Å². The van der Waals surface area contributed by atoms with Gasteiger partial charge in [0, 0.05) is 17.3 Å². The van der Waals surface area contributed by atoms with Crippen LogP contribution >= 0.6 is 0 Å². The Hall–Kier alpha value is -4.86. The van der Waals surface area contributed by atoms with E-state index in [-0.39, 0.29) is 23.7 Å². The summed E-state index contributed by atoms with van der Waals surface area (Å²) in [5, 5.41) is 12.8. The standard InChI is InChI=1S/C29H26FN7O2/c1-2-39-21-10-11-24(32-16-21)28-36-35-27(37(28)25-9-4-3-8-23(25)30)18-13-20(14-18)34-29(38)22-7-5-6-17-12-19(31)15-33-26(17)22/h3-12,15-16,18,20H,2,13-14,31H2,1H3,(H,34,38)/t18-,20-. The first-order chi connectivity index (χ1) is 19.0. The molecule has 3 heterocycles. The number of anilines is 1. The first-order valence-electron chi connectivity index (χ1n) is 12.8. The normalized spacial score (nSPS) is 16.6. The lowest BCUT2D eigenvalue weighted by molar-refractivity contribution is 0.0908. The van der Waals surface area contributed by atoms with E-state index in [2.05, 4.69) is 25.5 Å². The van der Waals surface area contributed by atoms with Crippen molar-refractivity contribution in [3.63, 3.8) is 0 Å². The molecule has 0 spiro atoms. The minimum absolute atomic E-state index is 0.0238. The summed E-state index contributed by atoms with van der Waals surface area (Å²) in [7, 11) is 0. The van der Waals surface area contributed by atoms with Crippen molar-refractivity contribution >= 4 is 22.5 Å². The molecule has 10 heteroatoms. The van der Waals surface area contributed by atoms with Crippen LogP contribution in [0.1, 0.15) is 41.9 Å². The molecule has 6 rings (SSSR count). The van der Waals surface area contributed by atoms with E-state index < -0.39 is 0 Å². The number of para-hydroxylation sites is 2. The average Bonchev–Trinajstić information content (AvgIpc) is 3.35. The Morgan fingerprint density at radius 1 is 1.08 bits per heavy atom. The molecule has 5 aromatic rings. The summed E-state index contributed by atoms with van der Waals surface area (Å²) in [5.74, 6) is 1.09. The van der Waals surface area contributed by atoms with E-state index in [1.165, 1.54) is 6.07 Å². The maximum absolute atomic E-state index is 15.0. The molecule has 9 nitrogen and oxygen atoms in total. The highest BCUT2D eigenvalue weighted by Gasteiger charge is 2.36. The van der Waals surface area contributed by atoms with Gasteiger partial charge in [-0.3, -0.25) is 14.3 Å². The summed E-state index contributed by atoms with van der Waals surface area (Å²) in [6.45, 7) is 2.43. The number of carbonyl (C=O) groups excluding carboxylic acids is 1. The van der Waals surface area contributed by atoms with Crippen molar-refractivity contribution in [2.75, 3.05) is 12.3 Å². The molecule has 0 atom stereocenters. The number of nitrogens with two attached hydrogens (primary N) is 1. The van der Waals surface area contributed by atoms with Crippen LogP contribution in [-0.2, 0) is 0 Å². The molecule has 2 aromatic carbocycles. The zero-order valence-corrected chi connectivity index (χ0v) is 21.2. The van der Waals surface area contributed by atoms with Gasteiger partial charge in [-0.05, 0) is 56.2 Å². The second-order valence-electron chi connectivity index (χ2n) is 9.47. The van der Waals surface area contributed by atoms with Crippen LogP contribution in [-0.4, -0.2) is 43.3 Å². The molecule has 0 saturated heterocycles. The molecule has 1 saturated carbocycles. The summed E-state index contributed by atoms with van der Waals surface area (Å²) in [6.07, 6.45) is 4.44. The van der Waals surface area contributed by atoms with Crippen LogP contribution in [0.4, 0.5) is 10.1 Å². The number of hydrogen-bond acceptors (Lipinski definition) is 7. The molecule has 3 aromatic heterocycles. The third-order valence-corrected chi connectivity index (χ3v) is 6.87. The van der Waals surface area contributed by atoms with Crippen LogP contribution in [0.5, 0.6) is 5.75 Å². The van der Waals surface area contributed by atoms with Crippen molar-refractivity contribution in [1.82, 2.24) is 30.0 Å². The zero-order chi connectivity index (χ0) is 26.9. The SMILES string of the molecule is CCOc1ccc(-c2nnc([C@H]3C[C@H](NC(=O)c4cccc5cc(N)cnc45)C3)n2-c2ccccc2F)nc1. The third kappa shape index (κ3) is 4.65. The number of nitrogen functional groups attached to an aromatic ring is 1. The fourth-order valence-electron chi connectivity index (χ4n) is 4.93. The van der Waals surface area contributed by atoms with Gasteiger partial charge in [0.1, 0.15) is 23.1 Å². The van der Waals surface area contributed by atoms with Crippen LogP contribution in [0, 0.1) is 5.82 Å². The number of nitrogens with zero attached hydrogens (tertiary/aromatic N) is 5. The van der Waals surface area contributed by atoms with E-state index in [1.807, 2.05) is 19.1 Å². The van der Waals surface area contributed by atoms with E-state index in [1.54, 1.807) is 59.4 Å². The quantitative estimate of drug-likeness (QED) is 0.318. The minimum atomic E-state index is -0.390. The van der Waals surface area contributed by atoms with E-state index in [4.69, 9.17) is 10.5 Å². The third-order valence-electron chi connectivity index (χ3n) is 6.87. The van der Waals surface area contributed by atoms with Gasteiger partial charge in [0.25, 0.3) is 5.91 Å². The Morgan fingerprint density at radius 3 is 2.69 bits per heavy atom. The topological polar surface area (TPSA) is 121 Å². The van der Waals surface area contributed by atoms with Crippen molar-refractivity contribution in [1.29, 1.82) is 0 Å². The van der Waals surface area contributed by atoms with Crippen molar-refractivity contribution in [2.45, 2.75) is 31.7 Å². The number of pyridine rings is 2. The maximum Gasteiger partial charge on any atom is 0.253 e. The van der Waals surface area contributed by atoms with E-state index in [0.717, 1.165) is 5.39 Å². The number of nitrogens with one attached hydrogen (secondary N) is 1. The van der Waals surface area contributed by atoms with Crippen LogP contribution in [0.2, 0.25) is 0 Å². The van der Waals surface area contributed by atoms with Gasteiger partial charge in [-0.25, -0.2) is 9.37 Å². The summed E-state index contributed by atoms with van der Waals surface area (Å²) in [4.78, 5) is 21.9. The highest BCUT2D eigenvalue weighted by molar-refractivity contribution is 6.06. The van der Waals surface area contributed by atoms with Crippen LogP contribution in [0.15, 0.2) is 73.1 Å². The number of fused-ring (bicyclic) bond motifs is 1. The second kappa shape index (κ2) is 10.1. The molecule has 1 aliphatic carbocycles. The van der Waals surface area contributed by atoms with Gasteiger partial charge in [-0.15, -0.1) is 10.2 Å². The molecule has 196 valence electrons. The Labute approximate surface area is 223 Å². The van der Waals surface area contributed by atoms with Crippen molar-refractivity contribution in [3.8, 4) is 23.0 Å². The number of halogens is 1. The fraction of sp³-hybridized carbons (Fsp3) is 0.207. The van der Waals surface area contributed by atoms with Crippen LogP contribution in [0.3, 0.4) is 0 Å². The number of rotatable bonds is 7. The largest absolute Gasteiger partial charge is 0.492 e. The summed E-state index contributed by atoms with van der Waals surface area (Å²) in [6, 6.07) is 17.3. The number of amides is 1. The molecule has 0 radical (unpaired) electrons. The Kier molecular flexibility index (Phi) is 6.36. The van der Waals surface area contributed by atoms with Crippen LogP contribution < -0.4 is 15.8 Å². The lowest BCUT2D eigenvalue weighted by Gasteiger charge is -2.35.